The predicted octanol–water partition coefficient (Wildman–Crippen LogP) is 2.09. The first-order valence-electron chi connectivity index (χ1n) is 6.72. The minimum atomic E-state index is -0.197. The highest BCUT2D eigenvalue weighted by Crippen LogP contribution is 2.21. The Balaban J connectivity index is 1.67. The van der Waals surface area contributed by atoms with Gasteiger partial charge in [0.25, 0.3) is 0 Å². The molecule has 112 valence electrons. The van der Waals surface area contributed by atoms with Gasteiger partial charge in [-0.15, -0.1) is 5.10 Å². The molecule has 0 saturated carbocycles. The van der Waals surface area contributed by atoms with Crippen LogP contribution in [0.4, 0.5) is 0 Å². The molecular weight excluding hydrogens is 312 g/mol. The highest BCUT2D eigenvalue weighted by atomic mass is 35.5. The van der Waals surface area contributed by atoms with Crippen LogP contribution in [0.25, 0.3) is 0 Å². The average molecular weight is 327 g/mol. The second kappa shape index (κ2) is 6.64. The number of rotatable bonds is 5. The summed E-state index contributed by atoms with van der Waals surface area (Å²) in [7, 11) is 0. The predicted molar refractivity (Wildman–Crippen MR) is 80.6 cm³/mol. The van der Waals surface area contributed by atoms with Crippen molar-refractivity contribution in [2.24, 2.45) is 0 Å². The van der Waals surface area contributed by atoms with Crippen molar-refractivity contribution in [2.75, 3.05) is 6.61 Å². The molecule has 1 saturated heterocycles. The molecule has 3 rings (SSSR count). The summed E-state index contributed by atoms with van der Waals surface area (Å²) in [4.78, 5) is 16.1. The van der Waals surface area contributed by atoms with Crippen molar-refractivity contribution in [1.82, 2.24) is 19.7 Å². The van der Waals surface area contributed by atoms with Gasteiger partial charge in [-0.2, -0.15) is 0 Å². The van der Waals surface area contributed by atoms with Gasteiger partial charge in [-0.3, -0.25) is 9.55 Å². The SMILES string of the molecule is O=c1[nH]nc(SCc2ccc(Cl)cn2)n1CC1CCCO1. The third kappa shape index (κ3) is 3.66. The summed E-state index contributed by atoms with van der Waals surface area (Å²) in [5.41, 5.74) is 0.695. The largest absolute Gasteiger partial charge is 0.376 e. The molecule has 21 heavy (non-hydrogen) atoms. The van der Waals surface area contributed by atoms with E-state index in [9.17, 15) is 4.79 Å². The average Bonchev–Trinajstić information content (AvgIpc) is 3.11. The lowest BCUT2D eigenvalue weighted by Gasteiger charge is -2.10. The molecule has 0 spiro atoms. The van der Waals surface area contributed by atoms with Crippen LogP contribution in [0.15, 0.2) is 28.3 Å². The van der Waals surface area contributed by atoms with Crippen LogP contribution in [-0.2, 0) is 17.0 Å². The zero-order valence-electron chi connectivity index (χ0n) is 11.3. The number of ether oxygens (including phenoxy) is 1. The van der Waals surface area contributed by atoms with Crippen molar-refractivity contribution in [2.45, 2.75) is 36.4 Å². The van der Waals surface area contributed by atoms with Gasteiger partial charge in [0.1, 0.15) is 0 Å². The van der Waals surface area contributed by atoms with Crippen LogP contribution >= 0.6 is 23.4 Å². The standard InChI is InChI=1S/C13H15ClN4O2S/c14-9-3-4-10(15-6-9)8-21-13-17-16-12(19)18(13)7-11-2-1-5-20-11/h3-4,6,11H,1-2,5,7-8H2,(H,16,19). The van der Waals surface area contributed by atoms with Gasteiger partial charge in [0.05, 0.1) is 23.4 Å². The summed E-state index contributed by atoms with van der Waals surface area (Å²) in [6.07, 6.45) is 3.75. The van der Waals surface area contributed by atoms with Crippen LogP contribution in [-0.4, -0.2) is 32.5 Å². The van der Waals surface area contributed by atoms with Crippen molar-refractivity contribution in [3.63, 3.8) is 0 Å². The fourth-order valence-electron chi connectivity index (χ4n) is 2.20. The molecule has 0 radical (unpaired) electrons. The molecule has 6 nitrogen and oxygen atoms in total. The summed E-state index contributed by atoms with van der Waals surface area (Å²) >= 11 is 7.28. The normalized spacial score (nSPS) is 18.2. The Kier molecular flexibility index (Phi) is 4.62. The van der Waals surface area contributed by atoms with E-state index < -0.39 is 0 Å². The van der Waals surface area contributed by atoms with E-state index in [0.717, 1.165) is 25.1 Å². The highest BCUT2D eigenvalue weighted by Gasteiger charge is 2.19. The summed E-state index contributed by atoms with van der Waals surface area (Å²) in [5.74, 6) is 0.632. The molecule has 1 aliphatic heterocycles. The van der Waals surface area contributed by atoms with Gasteiger partial charge in [0.15, 0.2) is 5.16 Å². The molecule has 0 amide bonds. The second-order valence-electron chi connectivity index (χ2n) is 4.81. The molecule has 3 heterocycles. The summed E-state index contributed by atoms with van der Waals surface area (Å²) in [6.45, 7) is 1.32. The molecular formula is C13H15ClN4O2S. The zero-order chi connectivity index (χ0) is 14.7. The number of H-pyrrole nitrogens is 1. The number of halogens is 1. The lowest BCUT2D eigenvalue weighted by Crippen LogP contribution is -2.24. The van der Waals surface area contributed by atoms with Crippen molar-refractivity contribution in [3.05, 3.63) is 39.5 Å². The Hall–Kier alpha value is -1.31. The van der Waals surface area contributed by atoms with Gasteiger partial charge < -0.3 is 4.74 Å². The third-order valence-corrected chi connectivity index (χ3v) is 4.50. The monoisotopic (exact) mass is 326 g/mol. The maximum atomic E-state index is 11.8. The fourth-order valence-corrected chi connectivity index (χ4v) is 3.18. The van der Waals surface area contributed by atoms with Gasteiger partial charge in [-0.05, 0) is 25.0 Å². The van der Waals surface area contributed by atoms with Crippen LogP contribution in [0.1, 0.15) is 18.5 Å². The van der Waals surface area contributed by atoms with E-state index in [1.54, 1.807) is 16.8 Å². The maximum Gasteiger partial charge on any atom is 0.344 e. The molecule has 0 aromatic carbocycles. The zero-order valence-corrected chi connectivity index (χ0v) is 12.9. The summed E-state index contributed by atoms with van der Waals surface area (Å²) in [5, 5.41) is 7.84. The number of pyridine rings is 1. The molecule has 1 unspecified atom stereocenters. The third-order valence-electron chi connectivity index (χ3n) is 3.27. The first-order valence-corrected chi connectivity index (χ1v) is 8.09. The van der Waals surface area contributed by atoms with Crippen molar-refractivity contribution in [3.8, 4) is 0 Å². The summed E-state index contributed by atoms with van der Waals surface area (Å²) < 4.78 is 7.21. The first kappa shape index (κ1) is 14.6. The topological polar surface area (TPSA) is 72.8 Å². The van der Waals surface area contributed by atoms with E-state index in [0.29, 0.717) is 22.5 Å². The molecule has 1 atom stereocenters. The van der Waals surface area contributed by atoms with E-state index >= 15 is 0 Å². The van der Waals surface area contributed by atoms with Gasteiger partial charge in [-0.25, -0.2) is 9.89 Å². The van der Waals surface area contributed by atoms with Gasteiger partial charge >= 0.3 is 5.69 Å². The smallest absolute Gasteiger partial charge is 0.344 e. The lowest BCUT2D eigenvalue weighted by atomic mass is 10.2. The van der Waals surface area contributed by atoms with E-state index in [4.69, 9.17) is 16.3 Å². The molecule has 2 aromatic heterocycles. The number of nitrogens with zero attached hydrogens (tertiary/aromatic N) is 3. The summed E-state index contributed by atoms with van der Waals surface area (Å²) in [6, 6.07) is 3.67. The Labute approximate surface area is 130 Å². The number of aromatic nitrogens is 4. The van der Waals surface area contributed by atoms with Gasteiger partial charge in [0, 0.05) is 18.6 Å². The van der Waals surface area contributed by atoms with Crippen LogP contribution in [0.3, 0.4) is 0 Å². The van der Waals surface area contributed by atoms with E-state index in [2.05, 4.69) is 15.2 Å². The number of hydrogen-bond donors (Lipinski definition) is 1. The highest BCUT2D eigenvalue weighted by molar-refractivity contribution is 7.98. The number of nitrogens with one attached hydrogen (secondary N) is 1. The number of hydrogen-bond acceptors (Lipinski definition) is 5. The molecule has 0 bridgehead atoms. The molecule has 0 aliphatic carbocycles. The van der Waals surface area contributed by atoms with Crippen LogP contribution < -0.4 is 5.69 Å². The molecule has 1 fully saturated rings. The molecule has 1 aliphatic rings. The van der Waals surface area contributed by atoms with Crippen LogP contribution in [0.5, 0.6) is 0 Å². The molecule has 8 heteroatoms. The van der Waals surface area contributed by atoms with Gasteiger partial charge in [0.2, 0.25) is 0 Å². The second-order valence-corrected chi connectivity index (χ2v) is 6.19. The number of aromatic amines is 1. The molecule has 1 N–H and O–H groups in total. The van der Waals surface area contributed by atoms with Crippen molar-refractivity contribution >= 4 is 23.4 Å². The van der Waals surface area contributed by atoms with E-state index in [1.165, 1.54) is 11.8 Å². The molecule has 2 aromatic rings. The lowest BCUT2D eigenvalue weighted by molar-refractivity contribution is 0.0941. The Morgan fingerprint density at radius 3 is 3.14 bits per heavy atom. The number of thioether (sulfide) groups is 1. The Morgan fingerprint density at radius 1 is 1.52 bits per heavy atom. The van der Waals surface area contributed by atoms with Crippen molar-refractivity contribution < 1.29 is 4.74 Å². The quantitative estimate of drug-likeness (QED) is 0.852. The first-order chi connectivity index (χ1) is 10.2. The minimum Gasteiger partial charge on any atom is -0.376 e. The van der Waals surface area contributed by atoms with Crippen LogP contribution in [0, 0.1) is 0 Å². The van der Waals surface area contributed by atoms with E-state index in [-0.39, 0.29) is 11.8 Å². The fraction of sp³-hybridized carbons (Fsp3) is 0.462. The van der Waals surface area contributed by atoms with Crippen LogP contribution in [0.2, 0.25) is 5.02 Å². The van der Waals surface area contributed by atoms with E-state index in [1.807, 2.05) is 6.07 Å². The minimum absolute atomic E-state index is 0.105. The van der Waals surface area contributed by atoms with Crippen molar-refractivity contribution in [1.29, 1.82) is 0 Å². The maximum absolute atomic E-state index is 11.8. The Bertz CT molecular complexity index is 649. The Morgan fingerprint density at radius 2 is 2.43 bits per heavy atom. The van der Waals surface area contributed by atoms with Gasteiger partial charge in [-0.1, -0.05) is 23.4 Å².